The van der Waals surface area contributed by atoms with Crippen LogP contribution >= 0.6 is 11.8 Å². The number of hydrogen-bond donors (Lipinski definition) is 1. The lowest BCUT2D eigenvalue weighted by Gasteiger charge is -2.08. The minimum atomic E-state index is 0.246. The standard InChI is InChI=1S/C15H20N2OS/c1-4-13(16)9-12-5-7-14(8-6-12)19-15-17-10(2)11(3)18-15/h5-8,13H,4,9,16H2,1-3H3. The molecule has 0 saturated carbocycles. The highest BCUT2D eigenvalue weighted by molar-refractivity contribution is 7.99. The molecule has 0 spiro atoms. The van der Waals surface area contributed by atoms with Gasteiger partial charge < -0.3 is 10.2 Å². The highest BCUT2D eigenvalue weighted by atomic mass is 32.2. The molecule has 0 aliphatic carbocycles. The first-order valence-corrected chi connectivity index (χ1v) is 7.36. The third kappa shape index (κ3) is 3.85. The van der Waals surface area contributed by atoms with E-state index in [4.69, 9.17) is 10.2 Å². The number of hydrogen-bond acceptors (Lipinski definition) is 4. The van der Waals surface area contributed by atoms with E-state index in [0.29, 0.717) is 5.22 Å². The predicted octanol–water partition coefficient (Wildman–Crippen LogP) is 3.72. The molecule has 102 valence electrons. The summed E-state index contributed by atoms with van der Waals surface area (Å²) in [7, 11) is 0. The molecule has 0 bridgehead atoms. The summed E-state index contributed by atoms with van der Waals surface area (Å²) < 4.78 is 5.56. The molecular formula is C15H20N2OS. The SMILES string of the molecule is CCC(N)Cc1ccc(Sc2nc(C)c(C)o2)cc1. The van der Waals surface area contributed by atoms with Gasteiger partial charge in [0.25, 0.3) is 5.22 Å². The van der Waals surface area contributed by atoms with Crippen molar-refractivity contribution in [3.05, 3.63) is 41.3 Å². The summed E-state index contributed by atoms with van der Waals surface area (Å²) in [6, 6.07) is 8.69. The molecular weight excluding hydrogens is 256 g/mol. The zero-order valence-corrected chi connectivity index (χ0v) is 12.5. The Labute approximate surface area is 118 Å². The highest BCUT2D eigenvalue weighted by Crippen LogP contribution is 2.28. The van der Waals surface area contributed by atoms with Gasteiger partial charge in [0.2, 0.25) is 0 Å². The first kappa shape index (κ1) is 14.2. The van der Waals surface area contributed by atoms with Gasteiger partial charge >= 0.3 is 0 Å². The molecule has 2 aromatic rings. The van der Waals surface area contributed by atoms with Gasteiger partial charge in [-0.2, -0.15) is 0 Å². The largest absolute Gasteiger partial charge is 0.436 e. The lowest BCUT2D eigenvalue weighted by atomic mass is 10.1. The molecule has 1 aromatic carbocycles. The van der Waals surface area contributed by atoms with Crippen molar-refractivity contribution in [2.45, 2.75) is 49.8 Å². The van der Waals surface area contributed by atoms with E-state index in [1.165, 1.54) is 5.56 Å². The fourth-order valence-electron chi connectivity index (χ4n) is 1.73. The van der Waals surface area contributed by atoms with Crippen molar-refractivity contribution in [3.8, 4) is 0 Å². The Bertz CT molecular complexity index is 514. The summed E-state index contributed by atoms with van der Waals surface area (Å²) >= 11 is 1.55. The van der Waals surface area contributed by atoms with Crippen molar-refractivity contribution in [3.63, 3.8) is 0 Å². The lowest BCUT2D eigenvalue weighted by Crippen LogP contribution is -2.21. The number of nitrogens with two attached hydrogens (primary N) is 1. The average Bonchev–Trinajstić information content (AvgIpc) is 2.70. The summed E-state index contributed by atoms with van der Waals surface area (Å²) in [5.41, 5.74) is 8.18. The molecule has 1 unspecified atom stereocenters. The third-order valence-electron chi connectivity index (χ3n) is 3.16. The molecule has 1 heterocycles. The van der Waals surface area contributed by atoms with Gasteiger partial charge in [0, 0.05) is 10.9 Å². The van der Waals surface area contributed by atoms with Gasteiger partial charge in [-0.1, -0.05) is 19.1 Å². The average molecular weight is 276 g/mol. The fourth-order valence-corrected chi connectivity index (χ4v) is 2.55. The van der Waals surface area contributed by atoms with E-state index in [1.807, 2.05) is 13.8 Å². The monoisotopic (exact) mass is 276 g/mol. The van der Waals surface area contributed by atoms with Crippen molar-refractivity contribution in [2.75, 3.05) is 0 Å². The zero-order valence-electron chi connectivity index (χ0n) is 11.6. The summed E-state index contributed by atoms with van der Waals surface area (Å²) in [5.74, 6) is 0.882. The molecule has 0 aliphatic heterocycles. The Kier molecular flexibility index (Phi) is 4.66. The Morgan fingerprint density at radius 1 is 1.26 bits per heavy atom. The van der Waals surface area contributed by atoms with Crippen molar-refractivity contribution in [1.82, 2.24) is 4.98 Å². The first-order chi connectivity index (χ1) is 9.08. The van der Waals surface area contributed by atoms with E-state index in [2.05, 4.69) is 36.2 Å². The highest BCUT2D eigenvalue weighted by Gasteiger charge is 2.08. The second-order valence-corrected chi connectivity index (χ2v) is 5.76. The smallest absolute Gasteiger partial charge is 0.260 e. The van der Waals surface area contributed by atoms with Crippen LogP contribution in [0.15, 0.2) is 38.8 Å². The van der Waals surface area contributed by atoms with Gasteiger partial charge in [0.1, 0.15) is 5.76 Å². The molecule has 1 aromatic heterocycles. The van der Waals surface area contributed by atoms with Gasteiger partial charge in [-0.15, -0.1) is 0 Å². The second kappa shape index (κ2) is 6.26. The van der Waals surface area contributed by atoms with Gasteiger partial charge in [-0.05, 0) is 56.1 Å². The number of aromatic nitrogens is 1. The second-order valence-electron chi connectivity index (χ2n) is 4.74. The molecule has 0 radical (unpaired) electrons. The summed E-state index contributed by atoms with van der Waals surface area (Å²) in [6.45, 7) is 6.00. The van der Waals surface area contributed by atoms with Crippen molar-refractivity contribution >= 4 is 11.8 Å². The molecule has 3 nitrogen and oxygen atoms in total. The van der Waals surface area contributed by atoms with Crippen molar-refractivity contribution < 1.29 is 4.42 Å². The predicted molar refractivity (Wildman–Crippen MR) is 78.5 cm³/mol. The van der Waals surface area contributed by atoms with Crippen LogP contribution in [-0.4, -0.2) is 11.0 Å². The van der Waals surface area contributed by atoms with Crippen LogP contribution in [0.25, 0.3) is 0 Å². The minimum absolute atomic E-state index is 0.246. The van der Waals surface area contributed by atoms with Crippen LogP contribution in [0, 0.1) is 13.8 Å². The molecule has 2 N–H and O–H groups in total. The van der Waals surface area contributed by atoms with Crippen molar-refractivity contribution in [2.24, 2.45) is 5.73 Å². The number of nitrogens with zero attached hydrogens (tertiary/aromatic N) is 1. The molecule has 4 heteroatoms. The maximum absolute atomic E-state index is 5.96. The zero-order chi connectivity index (χ0) is 13.8. The molecule has 0 aliphatic rings. The molecule has 0 saturated heterocycles. The Morgan fingerprint density at radius 3 is 2.47 bits per heavy atom. The van der Waals surface area contributed by atoms with E-state index in [9.17, 15) is 0 Å². The summed E-state index contributed by atoms with van der Waals surface area (Å²) in [4.78, 5) is 5.50. The summed E-state index contributed by atoms with van der Waals surface area (Å²) in [6.07, 6.45) is 1.93. The maximum Gasteiger partial charge on any atom is 0.260 e. The van der Waals surface area contributed by atoms with Gasteiger partial charge in [0.05, 0.1) is 5.69 Å². The van der Waals surface area contributed by atoms with E-state index < -0.39 is 0 Å². The van der Waals surface area contributed by atoms with E-state index in [0.717, 1.165) is 29.2 Å². The Balaban J connectivity index is 2.02. The van der Waals surface area contributed by atoms with Crippen LogP contribution in [0.5, 0.6) is 0 Å². The lowest BCUT2D eigenvalue weighted by molar-refractivity contribution is 0.431. The van der Waals surface area contributed by atoms with Crippen LogP contribution in [0.1, 0.15) is 30.4 Å². The normalized spacial score (nSPS) is 12.6. The van der Waals surface area contributed by atoms with Crippen LogP contribution in [-0.2, 0) is 6.42 Å². The topological polar surface area (TPSA) is 52.0 Å². The van der Waals surface area contributed by atoms with E-state index in [-0.39, 0.29) is 6.04 Å². The number of oxazole rings is 1. The Hall–Kier alpha value is -1.26. The molecule has 0 fully saturated rings. The quantitative estimate of drug-likeness (QED) is 0.904. The van der Waals surface area contributed by atoms with Crippen LogP contribution in [0.2, 0.25) is 0 Å². The van der Waals surface area contributed by atoms with Gasteiger partial charge in [0.15, 0.2) is 0 Å². The van der Waals surface area contributed by atoms with Crippen LogP contribution < -0.4 is 5.73 Å². The first-order valence-electron chi connectivity index (χ1n) is 6.55. The molecule has 2 rings (SSSR count). The van der Waals surface area contributed by atoms with E-state index >= 15 is 0 Å². The number of benzene rings is 1. The van der Waals surface area contributed by atoms with Gasteiger partial charge in [-0.3, -0.25) is 0 Å². The summed E-state index contributed by atoms with van der Waals surface area (Å²) in [5, 5.41) is 0.702. The minimum Gasteiger partial charge on any atom is -0.436 e. The maximum atomic E-state index is 5.96. The molecule has 1 atom stereocenters. The number of rotatable bonds is 5. The van der Waals surface area contributed by atoms with Crippen LogP contribution in [0.3, 0.4) is 0 Å². The Morgan fingerprint density at radius 2 is 1.95 bits per heavy atom. The fraction of sp³-hybridized carbons (Fsp3) is 0.400. The van der Waals surface area contributed by atoms with Crippen molar-refractivity contribution in [1.29, 1.82) is 0 Å². The molecule has 19 heavy (non-hydrogen) atoms. The van der Waals surface area contributed by atoms with E-state index in [1.54, 1.807) is 11.8 Å². The molecule has 0 amide bonds. The van der Waals surface area contributed by atoms with Gasteiger partial charge in [-0.25, -0.2) is 4.98 Å². The number of aryl methyl sites for hydroxylation is 2. The third-order valence-corrected chi connectivity index (χ3v) is 4.02. The van der Waals surface area contributed by atoms with Crippen LogP contribution in [0.4, 0.5) is 0 Å².